The van der Waals surface area contributed by atoms with E-state index in [1.807, 2.05) is 36.4 Å². The first-order valence-electron chi connectivity index (χ1n) is 8.79. The number of furan rings is 1. The molecule has 0 radical (unpaired) electrons. The van der Waals surface area contributed by atoms with Gasteiger partial charge in [-0.05, 0) is 43.3 Å². The van der Waals surface area contributed by atoms with Crippen LogP contribution in [0.5, 0.6) is 11.5 Å². The number of carbonyl (C=O) groups excluding carboxylic acids is 2. The lowest BCUT2D eigenvalue weighted by Gasteiger charge is -2.15. The van der Waals surface area contributed by atoms with Crippen LogP contribution in [0.25, 0.3) is 0 Å². The van der Waals surface area contributed by atoms with Crippen molar-refractivity contribution in [2.75, 3.05) is 0 Å². The van der Waals surface area contributed by atoms with Crippen LogP contribution in [0.2, 0.25) is 0 Å². The van der Waals surface area contributed by atoms with E-state index in [9.17, 15) is 9.59 Å². The molecule has 0 aliphatic heterocycles. The van der Waals surface area contributed by atoms with Crippen molar-refractivity contribution >= 4 is 27.7 Å². The zero-order chi connectivity index (χ0) is 20.6. The Kier molecular flexibility index (Phi) is 6.91. The zero-order valence-electron chi connectivity index (χ0n) is 15.6. The highest BCUT2D eigenvalue weighted by molar-refractivity contribution is 9.10. The normalized spacial score (nSPS) is 11.4. The van der Waals surface area contributed by atoms with Crippen molar-refractivity contribution in [3.63, 3.8) is 0 Å². The van der Waals surface area contributed by atoms with Gasteiger partial charge in [0.1, 0.15) is 18.1 Å². The molecule has 0 spiro atoms. The van der Waals surface area contributed by atoms with Gasteiger partial charge in [0, 0.05) is 10.0 Å². The van der Waals surface area contributed by atoms with Gasteiger partial charge in [0.05, 0.1) is 6.26 Å². The summed E-state index contributed by atoms with van der Waals surface area (Å²) in [5, 5.41) is 0. The van der Waals surface area contributed by atoms with Crippen molar-refractivity contribution in [3.05, 3.63) is 82.7 Å². The van der Waals surface area contributed by atoms with Crippen molar-refractivity contribution in [1.82, 2.24) is 10.9 Å². The third-order valence-corrected chi connectivity index (χ3v) is 4.36. The summed E-state index contributed by atoms with van der Waals surface area (Å²) in [6, 6.07) is 18.0. The molecule has 29 heavy (non-hydrogen) atoms. The number of halogens is 1. The smallest absolute Gasteiger partial charge is 0.305 e. The molecular weight excluding hydrogens is 440 g/mol. The number of benzene rings is 2. The molecule has 150 valence electrons. The Bertz CT molecular complexity index is 974. The summed E-state index contributed by atoms with van der Waals surface area (Å²) in [4.78, 5) is 24.5. The third kappa shape index (κ3) is 5.86. The van der Waals surface area contributed by atoms with E-state index in [-0.39, 0.29) is 12.4 Å². The minimum absolute atomic E-state index is 0.0572. The molecule has 0 aliphatic rings. The van der Waals surface area contributed by atoms with Gasteiger partial charge in [0.25, 0.3) is 5.91 Å². The first-order valence-corrected chi connectivity index (χ1v) is 9.59. The van der Waals surface area contributed by atoms with Gasteiger partial charge >= 0.3 is 5.91 Å². The van der Waals surface area contributed by atoms with E-state index in [1.165, 1.54) is 6.26 Å². The van der Waals surface area contributed by atoms with Gasteiger partial charge in [-0.1, -0.05) is 40.2 Å². The van der Waals surface area contributed by atoms with Crippen LogP contribution in [0, 0.1) is 0 Å². The van der Waals surface area contributed by atoms with Crippen LogP contribution in [0.4, 0.5) is 0 Å². The Labute approximate surface area is 176 Å². The van der Waals surface area contributed by atoms with Crippen molar-refractivity contribution < 1.29 is 23.5 Å². The highest BCUT2D eigenvalue weighted by Crippen LogP contribution is 2.19. The number of hydrazine groups is 1. The van der Waals surface area contributed by atoms with Crippen LogP contribution >= 0.6 is 15.9 Å². The first kappa shape index (κ1) is 20.5. The quantitative estimate of drug-likeness (QED) is 0.524. The maximum atomic E-state index is 12.3. The molecule has 1 heterocycles. The molecule has 0 saturated carbocycles. The summed E-state index contributed by atoms with van der Waals surface area (Å²) < 4.78 is 17.3. The second kappa shape index (κ2) is 9.79. The summed E-state index contributed by atoms with van der Waals surface area (Å²) in [5.74, 6) is 0.157. The lowest BCUT2D eigenvalue weighted by molar-refractivity contribution is -0.128. The molecule has 2 amide bonds. The monoisotopic (exact) mass is 458 g/mol. The molecule has 3 rings (SSSR count). The van der Waals surface area contributed by atoms with Crippen LogP contribution in [0.3, 0.4) is 0 Å². The molecule has 8 heteroatoms. The van der Waals surface area contributed by atoms with Crippen LogP contribution in [-0.2, 0) is 11.4 Å². The number of carbonyl (C=O) groups is 2. The Morgan fingerprint density at radius 2 is 1.79 bits per heavy atom. The van der Waals surface area contributed by atoms with Crippen molar-refractivity contribution in [3.8, 4) is 11.5 Å². The zero-order valence-corrected chi connectivity index (χ0v) is 17.1. The van der Waals surface area contributed by atoms with E-state index in [2.05, 4.69) is 26.8 Å². The van der Waals surface area contributed by atoms with E-state index < -0.39 is 17.9 Å². The summed E-state index contributed by atoms with van der Waals surface area (Å²) in [5.41, 5.74) is 5.21. The van der Waals surface area contributed by atoms with E-state index >= 15 is 0 Å². The minimum Gasteiger partial charge on any atom is -0.489 e. The molecule has 1 unspecified atom stereocenters. The molecule has 0 fully saturated rings. The lowest BCUT2D eigenvalue weighted by atomic mass is 10.2. The standard InChI is InChI=1S/C21H19BrN2O5/c1-14(29-18-9-5-6-16(22)12-18)20(25)23-24-21(26)19-15(10-11-27-19)13-28-17-7-3-2-4-8-17/h2-12,14H,13H2,1H3,(H,23,25)(H,24,26). The fourth-order valence-electron chi connectivity index (χ4n) is 2.40. The molecule has 0 bridgehead atoms. The Hall–Kier alpha value is -3.26. The Balaban J connectivity index is 1.51. The van der Waals surface area contributed by atoms with Crippen LogP contribution in [0.15, 0.2) is 75.8 Å². The molecule has 2 aromatic carbocycles. The predicted octanol–water partition coefficient (Wildman–Crippen LogP) is 3.85. The van der Waals surface area contributed by atoms with Gasteiger partial charge in [0.15, 0.2) is 11.9 Å². The predicted molar refractivity (Wildman–Crippen MR) is 109 cm³/mol. The molecule has 0 saturated heterocycles. The molecular formula is C21H19BrN2O5. The van der Waals surface area contributed by atoms with Gasteiger partial charge in [-0.2, -0.15) is 0 Å². The second-order valence-electron chi connectivity index (χ2n) is 6.04. The number of rotatable bonds is 7. The maximum absolute atomic E-state index is 12.3. The van der Waals surface area contributed by atoms with Crippen molar-refractivity contribution in [2.24, 2.45) is 0 Å². The van der Waals surface area contributed by atoms with Gasteiger partial charge in [0.2, 0.25) is 0 Å². The van der Waals surface area contributed by atoms with E-state index in [1.54, 1.807) is 31.2 Å². The van der Waals surface area contributed by atoms with Crippen LogP contribution in [-0.4, -0.2) is 17.9 Å². The fraction of sp³-hybridized carbons (Fsp3) is 0.143. The topological polar surface area (TPSA) is 89.8 Å². The van der Waals surface area contributed by atoms with Crippen LogP contribution in [0.1, 0.15) is 23.0 Å². The number of nitrogens with one attached hydrogen (secondary N) is 2. The molecule has 7 nitrogen and oxygen atoms in total. The van der Waals surface area contributed by atoms with E-state index in [4.69, 9.17) is 13.9 Å². The fourth-order valence-corrected chi connectivity index (χ4v) is 2.78. The highest BCUT2D eigenvalue weighted by atomic mass is 79.9. The Morgan fingerprint density at radius 1 is 1.03 bits per heavy atom. The van der Waals surface area contributed by atoms with Gasteiger partial charge in [-0.25, -0.2) is 0 Å². The lowest BCUT2D eigenvalue weighted by Crippen LogP contribution is -2.47. The average Bonchev–Trinajstić information content (AvgIpc) is 3.19. The van der Waals surface area contributed by atoms with Gasteiger partial charge < -0.3 is 13.9 Å². The minimum atomic E-state index is -0.818. The second-order valence-corrected chi connectivity index (χ2v) is 6.95. The number of hydrogen-bond donors (Lipinski definition) is 2. The maximum Gasteiger partial charge on any atom is 0.305 e. The molecule has 3 aromatic rings. The molecule has 1 atom stereocenters. The molecule has 0 aliphatic carbocycles. The third-order valence-electron chi connectivity index (χ3n) is 3.87. The van der Waals surface area contributed by atoms with Gasteiger partial charge in [-0.15, -0.1) is 0 Å². The summed E-state index contributed by atoms with van der Waals surface area (Å²) in [6.45, 7) is 1.73. The molecule has 1 aromatic heterocycles. The number of hydrogen-bond acceptors (Lipinski definition) is 5. The SMILES string of the molecule is CC(Oc1cccc(Br)c1)C(=O)NNC(=O)c1occc1COc1ccccc1. The summed E-state index contributed by atoms with van der Waals surface area (Å²) >= 11 is 3.34. The first-order chi connectivity index (χ1) is 14.0. The Morgan fingerprint density at radius 3 is 2.55 bits per heavy atom. The number of amides is 2. The average molecular weight is 459 g/mol. The van der Waals surface area contributed by atoms with E-state index in [0.717, 1.165) is 4.47 Å². The number of ether oxygens (including phenoxy) is 2. The number of para-hydroxylation sites is 1. The van der Waals surface area contributed by atoms with Gasteiger partial charge in [-0.3, -0.25) is 20.4 Å². The van der Waals surface area contributed by atoms with Crippen LogP contribution < -0.4 is 20.3 Å². The van der Waals surface area contributed by atoms with Crippen molar-refractivity contribution in [2.45, 2.75) is 19.6 Å². The largest absolute Gasteiger partial charge is 0.489 e. The highest BCUT2D eigenvalue weighted by Gasteiger charge is 2.19. The van der Waals surface area contributed by atoms with E-state index in [0.29, 0.717) is 17.1 Å². The summed E-state index contributed by atoms with van der Waals surface area (Å²) in [7, 11) is 0. The van der Waals surface area contributed by atoms with Crippen molar-refractivity contribution in [1.29, 1.82) is 0 Å². The molecule has 2 N–H and O–H groups in total. The summed E-state index contributed by atoms with van der Waals surface area (Å²) in [6.07, 6.45) is 0.571.